The van der Waals surface area contributed by atoms with E-state index in [0.717, 1.165) is 148 Å². The summed E-state index contributed by atoms with van der Waals surface area (Å²) in [6.45, 7) is 2.62. The highest BCUT2D eigenvalue weighted by Crippen LogP contribution is 2.45. The van der Waals surface area contributed by atoms with Gasteiger partial charge in [0.2, 0.25) is 0 Å². The van der Waals surface area contributed by atoms with Gasteiger partial charge in [-0.15, -0.1) is 0 Å². The molecule has 16 nitrogen and oxygen atoms in total. The zero-order chi connectivity index (χ0) is 73.7. The molecule has 0 spiro atoms. The summed E-state index contributed by atoms with van der Waals surface area (Å²) in [6, 6.07) is 0. The molecule has 584 valence electrons. The summed E-state index contributed by atoms with van der Waals surface area (Å²) in [7, 11) is -9.79. The number of esters is 3. The number of hydrogen-bond donors (Lipinski definition) is 4. The van der Waals surface area contributed by atoms with Gasteiger partial charge >= 0.3 is 33.6 Å². The average molecular weight is 1460 g/mol. The van der Waals surface area contributed by atoms with Crippen molar-refractivity contribution in [3.63, 3.8) is 0 Å². The second-order valence-electron chi connectivity index (χ2n) is 26.9. The molecule has 0 heterocycles. The highest BCUT2D eigenvalue weighted by Gasteiger charge is 2.29. The van der Waals surface area contributed by atoms with Crippen LogP contribution in [0.4, 0.5) is 0 Å². The lowest BCUT2D eigenvalue weighted by molar-refractivity contribution is -0.161. The van der Waals surface area contributed by atoms with E-state index in [1.807, 2.05) is 0 Å². The monoisotopic (exact) mass is 1460 g/mol. The van der Waals surface area contributed by atoms with Crippen LogP contribution in [-0.4, -0.2) is 95.9 Å². The van der Waals surface area contributed by atoms with Crippen molar-refractivity contribution in [2.75, 3.05) is 39.6 Å². The van der Waals surface area contributed by atoms with Gasteiger partial charge in [0.05, 0.1) is 26.4 Å². The second-order valence-corrected chi connectivity index (χ2v) is 29.8. The summed E-state index contributed by atoms with van der Waals surface area (Å²) in [6.07, 6.45) is 88.4. The van der Waals surface area contributed by atoms with Crippen LogP contribution in [0.25, 0.3) is 0 Å². The van der Waals surface area contributed by atoms with Gasteiger partial charge in [-0.2, -0.15) is 0 Å². The summed E-state index contributed by atoms with van der Waals surface area (Å²) in [4.78, 5) is 58.7. The maximum absolute atomic E-state index is 13.0. The number of phosphoric acid groups is 2. The SMILES string of the molecule is CCCCC/C=C\C/C=C\C/C=C\C/C=C\CCCCCCCCCCCCCC(=O)OCC(O)COP(=O)(O)OCC(O)COP(=O)(O)OCC(COC(=O)CCCCCCCCC/C=C\C/C=C\C/C=C\C/C=C\CCCCC)OC(=O)CCCCCCC/C=C\CCCCCCCC. The molecule has 0 aromatic rings. The molecule has 18 heteroatoms. The van der Waals surface area contributed by atoms with Crippen LogP contribution in [0, 0.1) is 0 Å². The van der Waals surface area contributed by atoms with Gasteiger partial charge in [0.1, 0.15) is 25.4 Å². The van der Waals surface area contributed by atoms with Crippen molar-refractivity contribution < 1.29 is 75.8 Å². The third-order valence-corrected chi connectivity index (χ3v) is 18.8. The maximum Gasteiger partial charge on any atom is 0.472 e. The van der Waals surface area contributed by atoms with E-state index in [1.54, 1.807) is 0 Å². The Morgan fingerprint density at radius 1 is 0.277 bits per heavy atom. The molecule has 0 amide bonds. The largest absolute Gasteiger partial charge is 0.472 e. The van der Waals surface area contributed by atoms with Gasteiger partial charge in [-0.1, -0.05) is 297 Å². The van der Waals surface area contributed by atoms with E-state index in [2.05, 4.69) is 130 Å². The summed E-state index contributed by atoms with van der Waals surface area (Å²) < 4.78 is 61.2. The Labute approximate surface area is 615 Å². The number of rotatable bonds is 76. The molecule has 0 saturated heterocycles. The molecule has 0 aliphatic heterocycles. The summed E-state index contributed by atoms with van der Waals surface area (Å²) in [5.74, 6) is -1.59. The first kappa shape index (κ1) is 97.2. The third kappa shape index (κ3) is 77.1. The van der Waals surface area contributed by atoms with Gasteiger partial charge in [0.25, 0.3) is 0 Å². The first-order valence-corrected chi connectivity index (χ1v) is 43.2. The molecule has 5 atom stereocenters. The predicted molar refractivity (Wildman–Crippen MR) is 417 cm³/mol. The van der Waals surface area contributed by atoms with Crippen LogP contribution in [0.2, 0.25) is 0 Å². The van der Waals surface area contributed by atoms with Gasteiger partial charge in [0, 0.05) is 19.3 Å². The molecule has 0 aromatic heterocycles. The lowest BCUT2D eigenvalue weighted by Crippen LogP contribution is -2.30. The van der Waals surface area contributed by atoms with E-state index >= 15 is 0 Å². The molecule has 0 bridgehead atoms. The Bertz CT molecular complexity index is 2270. The molecule has 0 aliphatic carbocycles. The van der Waals surface area contributed by atoms with Crippen LogP contribution in [0.1, 0.15) is 342 Å². The molecular formula is C83H146O16P2. The highest BCUT2D eigenvalue weighted by molar-refractivity contribution is 7.47. The summed E-state index contributed by atoms with van der Waals surface area (Å²) in [5.41, 5.74) is 0. The first-order valence-electron chi connectivity index (χ1n) is 40.2. The first-order chi connectivity index (χ1) is 49.2. The number of aliphatic hydroxyl groups is 2. The number of carbonyl (C=O) groups excluding carboxylic acids is 3. The minimum Gasteiger partial charge on any atom is -0.463 e. The minimum absolute atomic E-state index is 0.0917. The van der Waals surface area contributed by atoms with Gasteiger partial charge < -0.3 is 34.2 Å². The Hall–Kier alpha value is -3.79. The lowest BCUT2D eigenvalue weighted by Gasteiger charge is -2.21. The van der Waals surface area contributed by atoms with E-state index in [0.29, 0.717) is 19.3 Å². The number of aliphatic hydroxyl groups excluding tert-OH is 2. The Morgan fingerprint density at radius 2 is 0.495 bits per heavy atom. The fraction of sp³-hybridized carbons (Fsp3) is 0.747. The Kier molecular flexibility index (Phi) is 73.0. The minimum atomic E-state index is -4.94. The van der Waals surface area contributed by atoms with E-state index < -0.39 is 91.5 Å². The predicted octanol–water partition coefficient (Wildman–Crippen LogP) is 23.5. The summed E-state index contributed by atoms with van der Waals surface area (Å²) in [5, 5.41) is 20.6. The number of phosphoric ester groups is 2. The van der Waals surface area contributed by atoms with Gasteiger partial charge in [0.15, 0.2) is 6.10 Å². The van der Waals surface area contributed by atoms with Crippen LogP contribution >= 0.6 is 15.6 Å². The zero-order valence-electron chi connectivity index (χ0n) is 63.8. The van der Waals surface area contributed by atoms with Gasteiger partial charge in [-0.05, 0) is 135 Å². The van der Waals surface area contributed by atoms with E-state index in [9.17, 15) is 43.5 Å². The van der Waals surface area contributed by atoms with Crippen LogP contribution in [-0.2, 0) is 55.8 Å². The highest BCUT2D eigenvalue weighted by atomic mass is 31.2. The third-order valence-electron chi connectivity index (χ3n) is 16.9. The van der Waals surface area contributed by atoms with E-state index in [-0.39, 0.29) is 19.3 Å². The van der Waals surface area contributed by atoms with Crippen LogP contribution in [0.15, 0.2) is 109 Å². The van der Waals surface area contributed by atoms with Crippen molar-refractivity contribution in [1.82, 2.24) is 0 Å². The fourth-order valence-electron chi connectivity index (χ4n) is 10.8. The maximum atomic E-state index is 13.0. The average Bonchev–Trinajstić information content (AvgIpc) is 0.951. The van der Waals surface area contributed by atoms with Crippen molar-refractivity contribution in [1.29, 1.82) is 0 Å². The number of carbonyl (C=O) groups is 3. The Morgan fingerprint density at radius 3 is 0.812 bits per heavy atom. The van der Waals surface area contributed by atoms with Crippen LogP contribution in [0.5, 0.6) is 0 Å². The molecule has 0 aromatic carbocycles. The molecule has 4 N–H and O–H groups in total. The van der Waals surface area contributed by atoms with Crippen molar-refractivity contribution >= 4 is 33.6 Å². The molecule has 0 fully saturated rings. The topological polar surface area (TPSA) is 231 Å². The standard InChI is InChI=1S/C83H146O16P2/c1-4-7-10-13-16-19-22-25-28-30-32-34-36-37-38-39-41-43-44-46-49-51-54-57-60-63-66-69-81(86)93-72-78(84)73-95-100(89,90)96-74-79(85)75-97-101(91,92)98-77-80(99-83(88)71-68-65-62-59-56-53-48-27-24-21-18-15-12-9-6-3)76-94-82(87)70-67-64-61-58-55-52-50-47-45-42-40-35-33-31-29-26-23-20-17-14-11-8-5-2/h16-17,19-20,25-29,32-35,37-38,42,45,48,78-80,84-85H,4-15,18,21-24,30-31,36,39-41,43-44,46-47,49-77H2,1-3H3,(H,89,90)(H,91,92)/b19-16-,20-17-,28-25-,29-26-,34-32-,35-33-,38-37-,45-42-,48-27-. The number of unbranched alkanes of at least 4 members (excludes halogenated alkanes) is 35. The second kappa shape index (κ2) is 75.9. The van der Waals surface area contributed by atoms with Gasteiger partial charge in [-0.25, -0.2) is 9.13 Å². The van der Waals surface area contributed by atoms with Gasteiger partial charge in [-0.3, -0.25) is 32.5 Å². The molecule has 0 aliphatic rings. The molecule has 0 radical (unpaired) electrons. The Balaban J connectivity index is 4.57. The van der Waals surface area contributed by atoms with Crippen LogP contribution < -0.4 is 0 Å². The molecule has 5 unspecified atom stereocenters. The van der Waals surface area contributed by atoms with E-state index in [4.69, 9.17) is 32.3 Å². The smallest absolute Gasteiger partial charge is 0.463 e. The van der Waals surface area contributed by atoms with Crippen molar-refractivity contribution in [3.05, 3.63) is 109 Å². The fourth-order valence-corrected chi connectivity index (χ4v) is 12.4. The number of ether oxygens (including phenoxy) is 3. The van der Waals surface area contributed by atoms with E-state index in [1.165, 1.54) is 135 Å². The normalized spacial score (nSPS) is 14.6. The summed E-state index contributed by atoms with van der Waals surface area (Å²) >= 11 is 0. The molecule has 0 saturated carbocycles. The zero-order valence-corrected chi connectivity index (χ0v) is 65.6. The lowest BCUT2D eigenvalue weighted by atomic mass is 10.0. The van der Waals surface area contributed by atoms with Crippen molar-refractivity contribution in [2.24, 2.45) is 0 Å². The molecule has 0 rings (SSSR count). The van der Waals surface area contributed by atoms with Crippen molar-refractivity contribution in [2.45, 2.75) is 360 Å². The van der Waals surface area contributed by atoms with Crippen LogP contribution in [0.3, 0.4) is 0 Å². The number of hydrogen-bond acceptors (Lipinski definition) is 14. The number of allylic oxidation sites excluding steroid dienone is 18. The quantitative estimate of drug-likeness (QED) is 0.0146. The molecular weight excluding hydrogens is 1310 g/mol. The van der Waals surface area contributed by atoms with Crippen molar-refractivity contribution in [3.8, 4) is 0 Å². The molecule has 101 heavy (non-hydrogen) atoms.